The van der Waals surface area contributed by atoms with E-state index in [-0.39, 0.29) is 17.5 Å². The Morgan fingerprint density at radius 3 is 2.58 bits per heavy atom. The summed E-state index contributed by atoms with van der Waals surface area (Å²) >= 11 is 0. The van der Waals surface area contributed by atoms with Crippen LogP contribution >= 0.6 is 0 Å². The van der Waals surface area contributed by atoms with Gasteiger partial charge in [0.15, 0.2) is 0 Å². The van der Waals surface area contributed by atoms with Crippen molar-refractivity contribution in [2.45, 2.75) is 97.6 Å². The van der Waals surface area contributed by atoms with Crippen molar-refractivity contribution in [1.29, 1.82) is 0 Å². The summed E-state index contributed by atoms with van der Waals surface area (Å²) in [5.74, 6) is 1.67. The molecule has 0 radical (unpaired) electrons. The molecule has 1 aliphatic rings. The van der Waals surface area contributed by atoms with Crippen LogP contribution in [0.25, 0.3) is 10.9 Å². The molecule has 1 aromatic carbocycles. The van der Waals surface area contributed by atoms with Crippen LogP contribution in [0, 0.1) is 5.92 Å². The van der Waals surface area contributed by atoms with Gasteiger partial charge in [0.25, 0.3) is 5.56 Å². The monoisotopic (exact) mass is 425 g/mol. The molecular weight excluding hydrogens is 386 g/mol. The maximum atomic E-state index is 13.4. The summed E-state index contributed by atoms with van der Waals surface area (Å²) in [6, 6.07) is 7.40. The second-order valence-electron chi connectivity index (χ2n) is 9.00. The fourth-order valence-corrected chi connectivity index (χ4v) is 4.97. The molecule has 5 heteroatoms. The fraction of sp³-hybridized carbons (Fsp3) is 0.654. The van der Waals surface area contributed by atoms with Crippen molar-refractivity contribution in [1.82, 2.24) is 14.5 Å². The number of aromatic nitrogens is 2. The topological polar surface area (TPSA) is 55.2 Å². The maximum Gasteiger partial charge on any atom is 0.261 e. The van der Waals surface area contributed by atoms with Gasteiger partial charge < -0.3 is 4.90 Å². The van der Waals surface area contributed by atoms with E-state index < -0.39 is 0 Å². The molecule has 3 rings (SSSR count). The smallest absolute Gasteiger partial charge is 0.261 e. The molecule has 5 nitrogen and oxygen atoms in total. The predicted molar refractivity (Wildman–Crippen MR) is 127 cm³/mol. The highest BCUT2D eigenvalue weighted by Gasteiger charge is 2.28. The number of rotatable bonds is 11. The molecule has 2 aromatic rings. The van der Waals surface area contributed by atoms with E-state index in [1.165, 1.54) is 25.7 Å². The van der Waals surface area contributed by atoms with E-state index in [2.05, 4.69) is 20.8 Å². The average molecular weight is 426 g/mol. The summed E-state index contributed by atoms with van der Waals surface area (Å²) in [5, 5.41) is 0.655. The third-order valence-corrected chi connectivity index (χ3v) is 6.71. The zero-order valence-electron chi connectivity index (χ0n) is 19.6. The first-order chi connectivity index (χ1) is 15.1. The van der Waals surface area contributed by atoms with Crippen LogP contribution in [0.4, 0.5) is 0 Å². The molecule has 0 N–H and O–H groups in total. The van der Waals surface area contributed by atoms with Crippen LogP contribution in [0.15, 0.2) is 29.1 Å². The van der Waals surface area contributed by atoms with Gasteiger partial charge in [-0.1, -0.05) is 65.0 Å². The Balaban J connectivity index is 1.96. The summed E-state index contributed by atoms with van der Waals surface area (Å²) in [6.07, 6.45) is 10.4. The van der Waals surface area contributed by atoms with Crippen molar-refractivity contribution in [2.75, 3.05) is 6.54 Å². The zero-order chi connectivity index (χ0) is 22.2. The maximum absolute atomic E-state index is 13.4. The number of carbonyl (C=O) groups excluding carboxylic acids is 1. The van der Waals surface area contributed by atoms with Gasteiger partial charge in [-0.2, -0.15) is 0 Å². The van der Waals surface area contributed by atoms with Crippen LogP contribution in [0.2, 0.25) is 0 Å². The lowest BCUT2D eigenvalue weighted by Crippen LogP contribution is -2.39. The second-order valence-corrected chi connectivity index (χ2v) is 9.00. The Labute approximate surface area is 186 Å². The van der Waals surface area contributed by atoms with E-state index in [1.807, 2.05) is 33.7 Å². The van der Waals surface area contributed by atoms with Gasteiger partial charge in [-0.3, -0.25) is 14.2 Å². The minimum absolute atomic E-state index is 0.00902. The molecule has 1 aliphatic carbocycles. The van der Waals surface area contributed by atoms with Gasteiger partial charge >= 0.3 is 0 Å². The van der Waals surface area contributed by atoms with Gasteiger partial charge in [0, 0.05) is 19.5 Å². The van der Waals surface area contributed by atoms with Crippen LogP contribution in [-0.4, -0.2) is 26.9 Å². The molecule has 170 valence electrons. The molecule has 0 spiro atoms. The number of fused-ring (bicyclic) bond motifs is 1. The first-order valence-corrected chi connectivity index (χ1v) is 12.4. The van der Waals surface area contributed by atoms with E-state index in [9.17, 15) is 9.59 Å². The number of hydrogen-bond acceptors (Lipinski definition) is 3. The SMILES string of the molecule is CCCCN(C(=O)CCC1CCCC1)C(CC)c1nc2ccccc2c(=O)n1CCC. The molecule has 1 unspecified atom stereocenters. The molecule has 0 aliphatic heterocycles. The Morgan fingerprint density at radius 2 is 1.90 bits per heavy atom. The number of hydrogen-bond donors (Lipinski definition) is 0. The van der Waals surface area contributed by atoms with Crippen molar-refractivity contribution in [3.8, 4) is 0 Å². The van der Waals surface area contributed by atoms with Crippen LogP contribution in [0.1, 0.15) is 96.8 Å². The van der Waals surface area contributed by atoms with E-state index in [4.69, 9.17) is 4.98 Å². The summed E-state index contributed by atoms with van der Waals surface area (Å²) in [4.78, 5) is 33.7. The molecule has 1 fully saturated rings. The predicted octanol–water partition coefficient (Wildman–Crippen LogP) is 5.86. The highest BCUT2D eigenvalue weighted by Crippen LogP contribution is 2.30. The van der Waals surface area contributed by atoms with Gasteiger partial charge in [0.1, 0.15) is 5.82 Å². The largest absolute Gasteiger partial charge is 0.333 e. The van der Waals surface area contributed by atoms with Gasteiger partial charge in [-0.15, -0.1) is 0 Å². The first kappa shape index (κ1) is 23.5. The molecule has 0 saturated heterocycles. The zero-order valence-corrected chi connectivity index (χ0v) is 19.6. The van der Waals surface area contributed by atoms with Crippen molar-refractivity contribution in [2.24, 2.45) is 5.92 Å². The number of para-hydroxylation sites is 1. The molecule has 0 bridgehead atoms. The van der Waals surface area contributed by atoms with E-state index >= 15 is 0 Å². The van der Waals surface area contributed by atoms with Crippen LogP contribution in [0.5, 0.6) is 0 Å². The third kappa shape index (κ3) is 5.55. The van der Waals surface area contributed by atoms with Gasteiger partial charge in [0.2, 0.25) is 5.91 Å². The fourth-order valence-electron chi connectivity index (χ4n) is 4.97. The van der Waals surface area contributed by atoms with Gasteiger partial charge in [-0.25, -0.2) is 4.98 Å². The summed E-state index contributed by atoms with van der Waals surface area (Å²) in [6.45, 7) is 7.69. The Morgan fingerprint density at radius 1 is 1.16 bits per heavy atom. The minimum atomic E-state index is -0.161. The number of benzene rings is 1. The van der Waals surface area contributed by atoms with Crippen molar-refractivity contribution in [3.05, 3.63) is 40.4 Å². The van der Waals surface area contributed by atoms with E-state index in [0.29, 0.717) is 24.3 Å². The molecule has 1 amide bonds. The average Bonchev–Trinajstić information content (AvgIpc) is 3.31. The highest BCUT2D eigenvalue weighted by atomic mass is 16.2. The summed E-state index contributed by atoms with van der Waals surface area (Å²) in [7, 11) is 0. The molecule has 31 heavy (non-hydrogen) atoms. The second kappa shape index (κ2) is 11.4. The van der Waals surface area contributed by atoms with Gasteiger partial charge in [-0.05, 0) is 43.7 Å². The van der Waals surface area contributed by atoms with E-state index in [0.717, 1.165) is 50.0 Å². The lowest BCUT2D eigenvalue weighted by atomic mass is 10.0. The standard InChI is InChI=1S/C26H39N3O2/c1-4-7-19-28(24(30)17-16-20-12-8-9-13-20)23(6-3)25-27-22-15-11-10-14-21(22)26(31)29(25)18-5-2/h10-11,14-15,20,23H,4-9,12-13,16-19H2,1-3H3. The molecule has 1 aromatic heterocycles. The van der Waals surface area contributed by atoms with Gasteiger partial charge in [0.05, 0.1) is 16.9 Å². The third-order valence-electron chi connectivity index (χ3n) is 6.71. The lowest BCUT2D eigenvalue weighted by Gasteiger charge is -2.33. The highest BCUT2D eigenvalue weighted by molar-refractivity contribution is 5.78. The number of amides is 1. The lowest BCUT2D eigenvalue weighted by molar-refractivity contribution is -0.134. The molecule has 1 atom stereocenters. The molecule has 1 heterocycles. The Bertz CT molecular complexity index is 914. The normalized spacial score (nSPS) is 15.5. The Kier molecular flexibility index (Phi) is 8.68. The Hall–Kier alpha value is -2.17. The van der Waals surface area contributed by atoms with Crippen molar-refractivity contribution >= 4 is 16.8 Å². The minimum Gasteiger partial charge on any atom is -0.333 e. The van der Waals surface area contributed by atoms with Crippen LogP contribution < -0.4 is 5.56 Å². The molecular formula is C26H39N3O2. The van der Waals surface area contributed by atoms with Crippen molar-refractivity contribution < 1.29 is 4.79 Å². The van der Waals surface area contributed by atoms with Crippen LogP contribution in [-0.2, 0) is 11.3 Å². The molecule has 1 saturated carbocycles. The summed E-state index contributed by atoms with van der Waals surface area (Å²) in [5.41, 5.74) is 0.733. The summed E-state index contributed by atoms with van der Waals surface area (Å²) < 4.78 is 1.82. The number of nitrogens with zero attached hydrogens (tertiary/aromatic N) is 3. The first-order valence-electron chi connectivity index (χ1n) is 12.4. The van der Waals surface area contributed by atoms with E-state index in [1.54, 1.807) is 0 Å². The number of unbranched alkanes of at least 4 members (excludes halogenated alkanes) is 1. The number of carbonyl (C=O) groups is 1. The quantitative estimate of drug-likeness (QED) is 0.453. The van der Waals surface area contributed by atoms with Crippen LogP contribution in [0.3, 0.4) is 0 Å². The van der Waals surface area contributed by atoms with Crippen molar-refractivity contribution in [3.63, 3.8) is 0 Å².